The number of benzene rings is 2. The van der Waals surface area contributed by atoms with Crippen molar-refractivity contribution in [3.8, 4) is 16.3 Å². The number of nitrogens with one attached hydrogen (secondary N) is 1. The van der Waals surface area contributed by atoms with E-state index in [1.54, 1.807) is 29.7 Å². The highest BCUT2D eigenvalue weighted by molar-refractivity contribution is 7.21. The maximum Gasteiger partial charge on any atom is 0.229 e. The Hall–Kier alpha value is -3.32. The molecule has 0 spiro atoms. The molecule has 7 heteroatoms. The number of carbonyl (C=O) groups excluding carboxylic acids is 1. The van der Waals surface area contributed by atoms with Crippen LogP contribution in [0.1, 0.15) is 5.56 Å². The van der Waals surface area contributed by atoms with E-state index in [0.29, 0.717) is 11.4 Å². The Balaban J connectivity index is 1.44. The van der Waals surface area contributed by atoms with Crippen molar-refractivity contribution < 1.29 is 13.9 Å². The fraction of sp³-hybridized carbons (Fsp3) is 0.0952. The number of para-hydroxylation sites is 1. The predicted molar refractivity (Wildman–Crippen MR) is 108 cm³/mol. The number of anilines is 1. The zero-order chi connectivity index (χ0) is 19.5. The average Bonchev–Trinajstić information content (AvgIpc) is 3.13. The van der Waals surface area contributed by atoms with E-state index in [-0.39, 0.29) is 18.1 Å². The minimum Gasteiger partial charge on any atom is -0.494 e. The Morgan fingerprint density at radius 2 is 2.04 bits per heavy atom. The Kier molecular flexibility index (Phi) is 4.99. The number of ether oxygens (including phenoxy) is 1. The molecule has 0 radical (unpaired) electrons. The molecule has 0 fully saturated rings. The molecule has 2 aromatic carbocycles. The number of halogens is 1. The van der Waals surface area contributed by atoms with Crippen molar-refractivity contribution in [2.24, 2.45) is 0 Å². The van der Waals surface area contributed by atoms with E-state index >= 15 is 0 Å². The van der Waals surface area contributed by atoms with Crippen LogP contribution in [0.4, 0.5) is 10.2 Å². The van der Waals surface area contributed by atoms with Gasteiger partial charge in [0.15, 0.2) is 11.6 Å². The number of nitrogens with zero attached hydrogens (tertiary/aromatic N) is 2. The molecule has 0 aliphatic rings. The lowest BCUT2D eigenvalue weighted by Gasteiger charge is -2.07. The molecular weight excluding hydrogens is 377 g/mol. The molecule has 4 aromatic rings. The van der Waals surface area contributed by atoms with E-state index in [1.807, 2.05) is 30.3 Å². The van der Waals surface area contributed by atoms with Gasteiger partial charge in [0, 0.05) is 11.8 Å². The largest absolute Gasteiger partial charge is 0.494 e. The normalized spacial score (nSPS) is 10.8. The molecule has 4 rings (SSSR count). The van der Waals surface area contributed by atoms with Gasteiger partial charge in [-0.15, -0.1) is 11.3 Å². The first-order valence-electron chi connectivity index (χ1n) is 8.56. The van der Waals surface area contributed by atoms with E-state index in [4.69, 9.17) is 4.74 Å². The molecule has 0 aliphatic carbocycles. The maximum atomic E-state index is 13.7. The van der Waals surface area contributed by atoms with Gasteiger partial charge in [0.25, 0.3) is 0 Å². The zero-order valence-corrected chi connectivity index (χ0v) is 15.8. The van der Waals surface area contributed by atoms with Crippen LogP contribution in [0.15, 0.2) is 60.8 Å². The van der Waals surface area contributed by atoms with Gasteiger partial charge in [0.1, 0.15) is 10.8 Å². The van der Waals surface area contributed by atoms with Gasteiger partial charge in [0.2, 0.25) is 5.91 Å². The lowest BCUT2D eigenvalue weighted by molar-refractivity contribution is -0.115. The molecule has 140 valence electrons. The van der Waals surface area contributed by atoms with Crippen molar-refractivity contribution >= 4 is 33.3 Å². The van der Waals surface area contributed by atoms with Gasteiger partial charge in [-0.05, 0) is 42.0 Å². The van der Waals surface area contributed by atoms with Gasteiger partial charge in [-0.2, -0.15) is 0 Å². The standard InChI is InChI=1S/C21H16FN3O2S/c1-27-17-8-6-13(10-15(17)22)11-20(26)25-19-9-7-14(12-23-19)21-24-16-4-2-3-5-18(16)28-21/h2-10,12H,11H2,1H3,(H,23,25,26). The summed E-state index contributed by atoms with van der Waals surface area (Å²) in [6, 6.07) is 16.0. The van der Waals surface area contributed by atoms with Gasteiger partial charge in [-0.3, -0.25) is 4.79 Å². The summed E-state index contributed by atoms with van der Waals surface area (Å²) in [5, 5.41) is 3.60. The fourth-order valence-electron chi connectivity index (χ4n) is 2.78. The van der Waals surface area contributed by atoms with Crippen molar-refractivity contribution in [2.45, 2.75) is 6.42 Å². The van der Waals surface area contributed by atoms with Crippen molar-refractivity contribution in [3.63, 3.8) is 0 Å². The zero-order valence-electron chi connectivity index (χ0n) is 15.0. The number of pyridine rings is 1. The molecule has 0 saturated heterocycles. The fourth-order valence-corrected chi connectivity index (χ4v) is 3.74. The Morgan fingerprint density at radius 1 is 1.18 bits per heavy atom. The molecule has 0 bridgehead atoms. The Morgan fingerprint density at radius 3 is 2.75 bits per heavy atom. The van der Waals surface area contributed by atoms with Crippen LogP contribution in [-0.4, -0.2) is 23.0 Å². The molecule has 28 heavy (non-hydrogen) atoms. The number of aromatic nitrogens is 2. The molecule has 2 aromatic heterocycles. The molecule has 0 saturated carbocycles. The van der Waals surface area contributed by atoms with Gasteiger partial charge in [-0.1, -0.05) is 18.2 Å². The lowest BCUT2D eigenvalue weighted by Crippen LogP contribution is -2.15. The van der Waals surface area contributed by atoms with Crippen LogP contribution in [0.2, 0.25) is 0 Å². The summed E-state index contributed by atoms with van der Waals surface area (Å²) in [4.78, 5) is 21.1. The molecule has 1 amide bonds. The second-order valence-corrected chi connectivity index (χ2v) is 7.14. The average molecular weight is 393 g/mol. The molecule has 0 aliphatic heterocycles. The first kappa shape index (κ1) is 18.1. The first-order chi connectivity index (χ1) is 13.6. The van der Waals surface area contributed by atoms with Crippen LogP contribution >= 0.6 is 11.3 Å². The van der Waals surface area contributed by atoms with Crippen molar-refractivity contribution in [1.82, 2.24) is 9.97 Å². The molecule has 1 N–H and O–H groups in total. The summed E-state index contributed by atoms with van der Waals surface area (Å²) in [5.74, 6) is -0.184. The minimum atomic E-state index is -0.494. The lowest BCUT2D eigenvalue weighted by atomic mass is 10.1. The van der Waals surface area contributed by atoms with Gasteiger partial charge in [0.05, 0.1) is 23.7 Å². The van der Waals surface area contributed by atoms with Gasteiger partial charge >= 0.3 is 0 Å². The summed E-state index contributed by atoms with van der Waals surface area (Å²) in [6.07, 6.45) is 1.72. The van der Waals surface area contributed by atoms with Gasteiger partial charge in [-0.25, -0.2) is 14.4 Å². The van der Waals surface area contributed by atoms with E-state index in [9.17, 15) is 9.18 Å². The highest BCUT2D eigenvalue weighted by Gasteiger charge is 2.10. The minimum absolute atomic E-state index is 0.0439. The third-order valence-corrected chi connectivity index (χ3v) is 5.24. The van der Waals surface area contributed by atoms with Crippen molar-refractivity contribution in [2.75, 3.05) is 12.4 Å². The third kappa shape index (κ3) is 3.84. The topological polar surface area (TPSA) is 64.1 Å². The maximum absolute atomic E-state index is 13.7. The van der Waals surface area contributed by atoms with E-state index in [0.717, 1.165) is 20.8 Å². The summed E-state index contributed by atoms with van der Waals surface area (Å²) in [7, 11) is 1.40. The number of thiazole rings is 1. The Labute approximate surface area is 164 Å². The summed E-state index contributed by atoms with van der Waals surface area (Å²) >= 11 is 1.59. The molecule has 2 heterocycles. The summed E-state index contributed by atoms with van der Waals surface area (Å²) in [6.45, 7) is 0. The second kappa shape index (κ2) is 7.74. The molecule has 0 unspecified atom stereocenters. The molecular formula is C21H16FN3O2S. The van der Waals surface area contributed by atoms with Gasteiger partial charge < -0.3 is 10.1 Å². The number of carbonyl (C=O) groups is 1. The van der Waals surface area contributed by atoms with Crippen LogP contribution in [0.5, 0.6) is 5.75 Å². The second-order valence-electron chi connectivity index (χ2n) is 6.11. The van der Waals surface area contributed by atoms with E-state index < -0.39 is 5.82 Å². The van der Waals surface area contributed by atoms with Crippen LogP contribution in [0.25, 0.3) is 20.8 Å². The van der Waals surface area contributed by atoms with Crippen LogP contribution in [0, 0.1) is 5.82 Å². The summed E-state index contributed by atoms with van der Waals surface area (Å²) < 4.78 is 19.7. The number of amides is 1. The smallest absolute Gasteiger partial charge is 0.229 e. The Bertz CT molecular complexity index is 1110. The quantitative estimate of drug-likeness (QED) is 0.534. The van der Waals surface area contributed by atoms with E-state index in [1.165, 1.54) is 19.2 Å². The van der Waals surface area contributed by atoms with Crippen LogP contribution in [0.3, 0.4) is 0 Å². The predicted octanol–water partition coefficient (Wildman–Crippen LogP) is 4.69. The summed E-state index contributed by atoms with van der Waals surface area (Å²) in [5.41, 5.74) is 2.39. The number of rotatable bonds is 5. The SMILES string of the molecule is COc1ccc(CC(=O)Nc2ccc(-c3nc4ccccc4s3)cn2)cc1F. The number of hydrogen-bond acceptors (Lipinski definition) is 5. The first-order valence-corrected chi connectivity index (χ1v) is 9.38. The van der Waals surface area contributed by atoms with Crippen LogP contribution < -0.4 is 10.1 Å². The molecule has 0 atom stereocenters. The van der Waals surface area contributed by atoms with Crippen LogP contribution in [-0.2, 0) is 11.2 Å². The monoisotopic (exact) mass is 393 g/mol. The van der Waals surface area contributed by atoms with Crippen molar-refractivity contribution in [1.29, 1.82) is 0 Å². The number of fused-ring (bicyclic) bond motifs is 1. The third-order valence-electron chi connectivity index (χ3n) is 4.15. The van der Waals surface area contributed by atoms with Crippen molar-refractivity contribution in [3.05, 3.63) is 72.2 Å². The highest BCUT2D eigenvalue weighted by Crippen LogP contribution is 2.29. The number of hydrogen-bond donors (Lipinski definition) is 1. The number of methoxy groups -OCH3 is 1. The highest BCUT2D eigenvalue weighted by atomic mass is 32.1. The van der Waals surface area contributed by atoms with E-state index in [2.05, 4.69) is 15.3 Å². The molecule has 5 nitrogen and oxygen atoms in total.